The first-order valence-corrected chi connectivity index (χ1v) is 6.04. The molecule has 1 rings (SSSR count). The van der Waals surface area contributed by atoms with Gasteiger partial charge in [0.05, 0.1) is 5.02 Å². The van der Waals surface area contributed by atoms with E-state index < -0.39 is 0 Å². The molecule has 16 heavy (non-hydrogen) atoms. The summed E-state index contributed by atoms with van der Waals surface area (Å²) in [4.78, 5) is 11.7. The van der Waals surface area contributed by atoms with Gasteiger partial charge in [-0.3, -0.25) is 4.79 Å². The van der Waals surface area contributed by atoms with Crippen LogP contribution in [0, 0.1) is 0 Å². The maximum absolute atomic E-state index is 11.7. The zero-order valence-corrected chi connectivity index (χ0v) is 11.5. The number of halogens is 2. The molecule has 0 aliphatic heterocycles. The summed E-state index contributed by atoms with van der Waals surface area (Å²) in [5, 5.41) is 3.32. The van der Waals surface area contributed by atoms with E-state index >= 15 is 0 Å². The number of rotatable bonds is 3. The third-order valence-corrected chi connectivity index (χ3v) is 3.19. The van der Waals surface area contributed by atoms with Crippen molar-refractivity contribution in [2.24, 2.45) is 0 Å². The predicted molar refractivity (Wildman–Crippen MR) is 70.9 cm³/mol. The van der Waals surface area contributed by atoms with Gasteiger partial charge in [0.1, 0.15) is 0 Å². The number of allylic oxidation sites excluding steroid dienone is 1. The molecule has 1 aromatic rings. The summed E-state index contributed by atoms with van der Waals surface area (Å²) in [6.07, 6.45) is 1.96. The second kappa shape index (κ2) is 6.06. The van der Waals surface area contributed by atoms with Crippen molar-refractivity contribution >= 4 is 33.4 Å². The largest absolute Gasteiger partial charge is 0.349 e. The zero-order chi connectivity index (χ0) is 12.1. The van der Waals surface area contributed by atoms with Gasteiger partial charge in [-0.25, -0.2) is 0 Å². The molecule has 0 fully saturated rings. The van der Waals surface area contributed by atoms with Crippen LogP contribution in [-0.4, -0.2) is 12.5 Å². The smallest absolute Gasteiger partial charge is 0.251 e. The Morgan fingerprint density at radius 2 is 2.19 bits per heavy atom. The van der Waals surface area contributed by atoms with Crippen molar-refractivity contribution in [2.75, 3.05) is 6.54 Å². The summed E-state index contributed by atoms with van der Waals surface area (Å²) in [6.45, 7) is 4.51. The summed E-state index contributed by atoms with van der Waals surface area (Å²) >= 11 is 9.18. The van der Waals surface area contributed by atoms with Gasteiger partial charge in [0.25, 0.3) is 5.91 Å². The maximum atomic E-state index is 11.7. The van der Waals surface area contributed by atoms with Crippen LogP contribution >= 0.6 is 27.5 Å². The Bertz CT molecular complexity index is 425. The average molecular weight is 303 g/mol. The number of carbonyl (C=O) groups is 1. The van der Waals surface area contributed by atoms with Crippen LogP contribution in [0.1, 0.15) is 24.2 Å². The topological polar surface area (TPSA) is 29.1 Å². The van der Waals surface area contributed by atoms with Crippen molar-refractivity contribution in [1.29, 1.82) is 0 Å². The Morgan fingerprint density at radius 1 is 1.50 bits per heavy atom. The van der Waals surface area contributed by atoms with Crippen LogP contribution < -0.4 is 5.32 Å². The number of hydrogen-bond acceptors (Lipinski definition) is 1. The molecule has 4 heteroatoms. The van der Waals surface area contributed by atoms with E-state index in [0.717, 1.165) is 4.47 Å². The Labute approximate surface area is 109 Å². The first kappa shape index (κ1) is 13.3. The highest BCUT2D eigenvalue weighted by atomic mass is 79.9. The lowest BCUT2D eigenvalue weighted by Gasteiger charge is -2.04. The summed E-state index contributed by atoms with van der Waals surface area (Å²) in [7, 11) is 0. The van der Waals surface area contributed by atoms with E-state index in [1.165, 1.54) is 5.57 Å². The van der Waals surface area contributed by atoms with E-state index in [-0.39, 0.29) is 5.91 Å². The number of amides is 1. The van der Waals surface area contributed by atoms with Gasteiger partial charge in [-0.1, -0.05) is 23.3 Å². The van der Waals surface area contributed by atoms with Crippen LogP contribution in [0.25, 0.3) is 0 Å². The number of nitrogens with one attached hydrogen (secondary N) is 1. The zero-order valence-electron chi connectivity index (χ0n) is 9.18. The van der Waals surface area contributed by atoms with Gasteiger partial charge < -0.3 is 5.32 Å². The van der Waals surface area contributed by atoms with Crippen molar-refractivity contribution in [2.45, 2.75) is 13.8 Å². The third kappa shape index (κ3) is 3.99. The van der Waals surface area contributed by atoms with Gasteiger partial charge in [0.15, 0.2) is 0 Å². The predicted octanol–water partition coefficient (Wildman–Crippen LogP) is 3.80. The molecular formula is C12H13BrClNO. The molecule has 0 saturated heterocycles. The standard InChI is InChI=1S/C12H13BrClNO/c1-8(2)5-6-15-12(16)9-3-4-10(13)11(14)7-9/h3-5,7H,6H2,1-2H3,(H,15,16). The van der Waals surface area contributed by atoms with E-state index in [4.69, 9.17) is 11.6 Å². The molecule has 0 aliphatic rings. The van der Waals surface area contributed by atoms with Crippen LogP contribution in [-0.2, 0) is 0 Å². The third-order valence-electron chi connectivity index (χ3n) is 1.95. The molecule has 86 valence electrons. The second-order valence-corrected chi connectivity index (χ2v) is 4.88. The van der Waals surface area contributed by atoms with Crippen molar-refractivity contribution < 1.29 is 4.79 Å². The fraction of sp³-hybridized carbons (Fsp3) is 0.250. The van der Waals surface area contributed by atoms with Crippen molar-refractivity contribution in [3.63, 3.8) is 0 Å². The van der Waals surface area contributed by atoms with E-state index in [0.29, 0.717) is 17.1 Å². The lowest BCUT2D eigenvalue weighted by molar-refractivity contribution is 0.0958. The van der Waals surface area contributed by atoms with Gasteiger partial charge in [0.2, 0.25) is 0 Å². The average Bonchev–Trinajstić information content (AvgIpc) is 2.21. The summed E-state index contributed by atoms with van der Waals surface area (Å²) in [6, 6.07) is 5.13. The lowest BCUT2D eigenvalue weighted by Crippen LogP contribution is -2.23. The number of hydrogen-bond donors (Lipinski definition) is 1. The van der Waals surface area contributed by atoms with Crippen LogP contribution in [0.5, 0.6) is 0 Å². The van der Waals surface area contributed by atoms with Gasteiger partial charge >= 0.3 is 0 Å². The molecule has 0 atom stereocenters. The van der Waals surface area contributed by atoms with Crippen LogP contribution in [0.3, 0.4) is 0 Å². The Morgan fingerprint density at radius 3 is 2.75 bits per heavy atom. The Balaban J connectivity index is 2.66. The van der Waals surface area contributed by atoms with Gasteiger partial charge in [0, 0.05) is 16.6 Å². The highest BCUT2D eigenvalue weighted by Gasteiger charge is 2.06. The fourth-order valence-electron chi connectivity index (χ4n) is 1.09. The molecule has 1 amide bonds. The molecule has 0 heterocycles. The van der Waals surface area contributed by atoms with Crippen LogP contribution in [0.15, 0.2) is 34.3 Å². The molecular weight excluding hydrogens is 289 g/mol. The molecule has 0 aromatic heterocycles. The molecule has 0 unspecified atom stereocenters. The van der Waals surface area contributed by atoms with Gasteiger partial charge in [-0.15, -0.1) is 0 Å². The number of carbonyl (C=O) groups excluding carboxylic acids is 1. The van der Waals surface area contributed by atoms with Crippen molar-refractivity contribution in [3.8, 4) is 0 Å². The molecule has 2 nitrogen and oxygen atoms in total. The Kier molecular flexibility index (Phi) is 5.03. The summed E-state index contributed by atoms with van der Waals surface area (Å²) in [5.41, 5.74) is 1.74. The number of benzene rings is 1. The molecule has 1 aromatic carbocycles. The first-order chi connectivity index (χ1) is 7.50. The molecule has 0 aliphatic carbocycles. The highest BCUT2D eigenvalue weighted by Crippen LogP contribution is 2.22. The van der Waals surface area contributed by atoms with E-state index in [1.807, 2.05) is 19.9 Å². The molecule has 0 bridgehead atoms. The molecule has 0 saturated carbocycles. The van der Waals surface area contributed by atoms with Gasteiger partial charge in [-0.05, 0) is 48.0 Å². The minimum Gasteiger partial charge on any atom is -0.349 e. The SMILES string of the molecule is CC(C)=CCNC(=O)c1ccc(Br)c(Cl)c1. The van der Waals surface area contributed by atoms with E-state index in [2.05, 4.69) is 21.2 Å². The normalized spacial score (nSPS) is 9.75. The monoisotopic (exact) mass is 301 g/mol. The lowest BCUT2D eigenvalue weighted by atomic mass is 10.2. The van der Waals surface area contributed by atoms with Gasteiger partial charge in [-0.2, -0.15) is 0 Å². The molecule has 0 radical (unpaired) electrons. The van der Waals surface area contributed by atoms with Crippen LogP contribution in [0.4, 0.5) is 0 Å². The summed E-state index contributed by atoms with van der Waals surface area (Å²) < 4.78 is 0.787. The minimum absolute atomic E-state index is 0.119. The maximum Gasteiger partial charge on any atom is 0.251 e. The van der Waals surface area contributed by atoms with E-state index in [1.54, 1.807) is 18.2 Å². The fourth-order valence-corrected chi connectivity index (χ4v) is 1.51. The highest BCUT2D eigenvalue weighted by molar-refractivity contribution is 9.10. The Hall–Kier alpha value is -0.800. The molecule has 0 spiro atoms. The van der Waals surface area contributed by atoms with Crippen molar-refractivity contribution in [1.82, 2.24) is 5.32 Å². The minimum atomic E-state index is -0.119. The van der Waals surface area contributed by atoms with Crippen molar-refractivity contribution in [3.05, 3.63) is 44.9 Å². The van der Waals surface area contributed by atoms with E-state index in [9.17, 15) is 4.79 Å². The first-order valence-electron chi connectivity index (χ1n) is 4.87. The van der Waals surface area contributed by atoms with Crippen LogP contribution in [0.2, 0.25) is 5.02 Å². The summed E-state index contributed by atoms with van der Waals surface area (Å²) in [5.74, 6) is -0.119. The quantitative estimate of drug-likeness (QED) is 0.846. The molecule has 1 N–H and O–H groups in total. The second-order valence-electron chi connectivity index (χ2n) is 3.62.